The Morgan fingerprint density at radius 3 is 2.50 bits per heavy atom. The monoisotopic (exact) mass is 448 g/mol. The number of carbonyl (C=O) groups excluding carboxylic acids is 2. The van der Waals surface area contributed by atoms with E-state index in [2.05, 4.69) is 5.32 Å². The largest absolute Gasteiger partial charge is 0.459 e. The summed E-state index contributed by atoms with van der Waals surface area (Å²) in [6, 6.07) is 7.98. The molecule has 3 N–H and O–H groups in total. The topological polar surface area (TPSA) is 117 Å². The molecule has 0 bridgehead atoms. The molecule has 176 valence electrons. The molecule has 8 atom stereocenters. The minimum absolute atomic E-state index is 0.0247. The highest BCUT2D eigenvalue weighted by atomic mass is 16.7. The third-order valence-corrected chi connectivity index (χ3v) is 6.20. The highest BCUT2D eigenvalue weighted by molar-refractivity contribution is 5.86. The molecule has 0 radical (unpaired) electrons. The molecule has 9 nitrogen and oxygen atoms in total. The second-order valence-electron chi connectivity index (χ2n) is 9.89. The second kappa shape index (κ2) is 8.39. The van der Waals surface area contributed by atoms with Crippen LogP contribution in [0.4, 0.5) is 0 Å². The number of ether oxygens (including phenoxy) is 3. The fourth-order valence-corrected chi connectivity index (χ4v) is 4.80. The number of nitrogens with zero attached hydrogens (tertiary/aromatic N) is 1. The Hall–Kier alpha value is -2.04. The third-order valence-electron chi connectivity index (χ3n) is 6.20. The van der Waals surface area contributed by atoms with Crippen LogP contribution in [0.15, 0.2) is 30.3 Å². The first-order valence-electron chi connectivity index (χ1n) is 11.0. The summed E-state index contributed by atoms with van der Waals surface area (Å²) in [4.78, 5) is 26.8. The average Bonchev–Trinajstić information content (AvgIpc) is 3.43. The summed E-state index contributed by atoms with van der Waals surface area (Å²) in [5.74, 6) is -0.733. The zero-order chi connectivity index (χ0) is 23.3. The Morgan fingerprint density at radius 2 is 1.88 bits per heavy atom. The number of amides is 1. The minimum atomic E-state index is -1.01. The van der Waals surface area contributed by atoms with Gasteiger partial charge in [-0.25, -0.2) is 4.79 Å². The van der Waals surface area contributed by atoms with Gasteiger partial charge in [-0.3, -0.25) is 9.69 Å². The number of benzene rings is 1. The van der Waals surface area contributed by atoms with E-state index in [0.717, 1.165) is 5.56 Å². The van der Waals surface area contributed by atoms with Gasteiger partial charge < -0.3 is 29.7 Å². The van der Waals surface area contributed by atoms with Gasteiger partial charge in [-0.1, -0.05) is 30.3 Å². The number of fused-ring (bicyclic) bond motifs is 1. The van der Waals surface area contributed by atoms with Crippen LogP contribution >= 0.6 is 0 Å². The molecule has 3 aliphatic heterocycles. The van der Waals surface area contributed by atoms with Crippen LogP contribution in [0, 0.1) is 0 Å². The summed E-state index contributed by atoms with van der Waals surface area (Å²) in [5.41, 5.74) is -0.890. The van der Waals surface area contributed by atoms with Crippen molar-refractivity contribution in [3.63, 3.8) is 0 Å². The molecule has 3 fully saturated rings. The number of hydrogen-bond donors (Lipinski definition) is 3. The van der Waals surface area contributed by atoms with Crippen molar-refractivity contribution >= 4 is 11.9 Å². The van der Waals surface area contributed by atoms with Crippen molar-refractivity contribution in [3.8, 4) is 0 Å². The van der Waals surface area contributed by atoms with Gasteiger partial charge in [-0.15, -0.1) is 0 Å². The standard InChI is InChI=1S/C23H32N2O7/c1-13(26)24-17-15(27)10-23(21(29)32-22(2,3)4)12-25(23)18(17)19-16(28)11-30-20(31-19)14-8-6-5-7-9-14/h5-9,15-20,27-28H,10-12H2,1-4H3,(H,24,26)/t15-,16+,17+,18+,19+,20+,23+,25?/m0/s1. The van der Waals surface area contributed by atoms with Gasteiger partial charge in [0.1, 0.15) is 23.3 Å². The smallest absolute Gasteiger partial charge is 0.328 e. The number of esters is 1. The van der Waals surface area contributed by atoms with E-state index in [1.165, 1.54) is 6.92 Å². The van der Waals surface area contributed by atoms with Gasteiger partial charge >= 0.3 is 5.97 Å². The zero-order valence-corrected chi connectivity index (χ0v) is 18.9. The second-order valence-corrected chi connectivity index (χ2v) is 9.89. The molecule has 32 heavy (non-hydrogen) atoms. The lowest BCUT2D eigenvalue weighted by atomic mass is 9.84. The molecule has 0 spiro atoms. The van der Waals surface area contributed by atoms with Crippen molar-refractivity contribution in [1.82, 2.24) is 10.2 Å². The fourth-order valence-electron chi connectivity index (χ4n) is 4.80. The molecule has 0 saturated carbocycles. The molecule has 0 aromatic heterocycles. The molecule has 3 aliphatic rings. The van der Waals surface area contributed by atoms with E-state index in [9.17, 15) is 19.8 Å². The minimum Gasteiger partial charge on any atom is -0.459 e. The molecular weight excluding hydrogens is 416 g/mol. The number of nitrogens with one attached hydrogen (secondary N) is 1. The number of aliphatic hydroxyl groups excluding tert-OH is 2. The van der Waals surface area contributed by atoms with Crippen LogP contribution in [0.2, 0.25) is 0 Å². The third kappa shape index (κ3) is 4.40. The van der Waals surface area contributed by atoms with Crippen molar-refractivity contribution in [2.24, 2.45) is 0 Å². The van der Waals surface area contributed by atoms with Crippen LogP contribution in [-0.4, -0.2) is 81.7 Å². The Morgan fingerprint density at radius 1 is 1.19 bits per heavy atom. The molecule has 0 aliphatic carbocycles. The number of aliphatic hydroxyl groups is 2. The van der Waals surface area contributed by atoms with Crippen molar-refractivity contribution < 1.29 is 34.0 Å². The molecule has 1 amide bonds. The van der Waals surface area contributed by atoms with E-state index in [4.69, 9.17) is 14.2 Å². The van der Waals surface area contributed by atoms with E-state index in [-0.39, 0.29) is 18.9 Å². The summed E-state index contributed by atoms with van der Waals surface area (Å²) >= 11 is 0. The van der Waals surface area contributed by atoms with Crippen LogP contribution in [-0.2, 0) is 23.8 Å². The van der Waals surface area contributed by atoms with Crippen LogP contribution in [0.5, 0.6) is 0 Å². The van der Waals surface area contributed by atoms with Crippen LogP contribution in [0.3, 0.4) is 0 Å². The lowest BCUT2D eigenvalue weighted by Gasteiger charge is -2.46. The quantitative estimate of drug-likeness (QED) is 0.450. The van der Waals surface area contributed by atoms with E-state index in [1.807, 2.05) is 35.2 Å². The Labute approximate surface area is 187 Å². The molecule has 4 rings (SSSR count). The first-order valence-corrected chi connectivity index (χ1v) is 11.0. The van der Waals surface area contributed by atoms with E-state index < -0.39 is 53.8 Å². The van der Waals surface area contributed by atoms with Crippen molar-refractivity contribution in [2.75, 3.05) is 13.2 Å². The van der Waals surface area contributed by atoms with Gasteiger partial charge in [-0.2, -0.15) is 0 Å². The SMILES string of the molecule is CC(=O)N[C@H]1[C@H]([C@@H]2O[C@H](c3ccccc3)OC[C@H]2O)N2C[C@@]2(C(=O)OC(C)(C)C)C[C@@H]1O. The Bertz CT molecular complexity index is 858. The van der Waals surface area contributed by atoms with Crippen LogP contribution in [0.25, 0.3) is 0 Å². The summed E-state index contributed by atoms with van der Waals surface area (Å²) in [7, 11) is 0. The van der Waals surface area contributed by atoms with Gasteiger partial charge in [0.05, 0.1) is 24.8 Å². The number of piperidine rings is 1. The maximum Gasteiger partial charge on any atom is 0.328 e. The molecular formula is C23H32N2O7. The Kier molecular flexibility index (Phi) is 6.06. The maximum absolute atomic E-state index is 13.1. The summed E-state index contributed by atoms with van der Waals surface area (Å²) in [6.45, 7) is 7.12. The number of rotatable bonds is 4. The molecule has 3 saturated heterocycles. The molecule has 1 aromatic carbocycles. The predicted octanol–water partition coefficient (Wildman–Crippen LogP) is 0.496. The Balaban J connectivity index is 1.63. The normalized spacial score (nSPS) is 39.0. The lowest BCUT2D eigenvalue weighted by molar-refractivity contribution is -0.272. The van der Waals surface area contributed by atoms with Gasteiger partial charge in [0.15, 0.2) is 6.29 Å². The van der Waals surface area contributed by atoms with Crippen molar-refractivity contribution in [3.05, 3.63) is 35.9 Å². The summed E-state index contributed by atoms with van der Waals surface area (Å²) in [6.07, 6.45) is -3.39. The first-order chi connectivity index (χ1) is 15.0. The van der Waals surface area contributed by atoms with Gasteiger partial charge in [0, 0.05) is 25.5 Å². The maximum atomic E-state index is 13.1. The van der Waals surface area contributed by atoms with Crippen LogP contribution in [0.1, 0.15) is 46.0 Å². The predicted molar refractivity (Wildman–Crippen MR) is 113 cm³/mol. The molecule has 1 unspecified atom stereocenters. The van der Waals surface area contributed by atoms with E-state index in [1.54, 1.807) is 20.8 Å². The first kappa shape index (κ1) is 23.1. The average molecular weight is 449 g/mol. The highest BCUT2D eigenvalue weighted by Crippen LogP contribution is 2.49. The number of hydrogen-bond acceptors (Lipinski definition) is 8. The van der Waals surface area contributed by atoms with E-state index >= 15 is 0 Å². The summed E-state index contributed by atoms with van der Waals surface area (Å²) in [5, 5.41) is 24.6. The number of carbonyl (C=O) groups is 2. The van der Waals surface area contributed by atoms with Crippen molar-refractivity contribution in [2.45, 2.75) is 81.9 Å². The molecule has 3 heterocycles. The van der Waals surface area contributed by atoms with Crippen LogP contribution < -0.4 is 5.32 Å². The van der Waals surface area contributed by atoms with Crippen molar-refractivity contribution in [1.29, 1.82) is 0 Å². The highest BCUT2D eigenvalue weighted by Gasteiger charge is 2.70. The van der Waals surface area contributed by atoms with Gasteiger partial charge in [0.25, 0.3) is 0 Å². The summed E-state index contributed by atoms with van der Waals surface area (Å²) < 4.78 is 17.5. The lowest BCUT2D eigenvalue weighted by Crippen LogP contribution is -2.67. The van der Waals surface area contributed by atoms with E-state index in [0.29, 0.717) is 6.54 Å². The fraction of sp³-hybridized carbons (Fsp3) is 0.652. The zero-order valence-electron chi connectivity index (χ0n) is 18.9. The molecule has 1 aromatic rings. The molecule has 9 heteroatoms. The van der Waals surface area contributed by atoms with Gasteiger partial charge in [0.2, 0.25) is 5.91 Å². The van der Waals surface area contributed by atoms with Gasteiger partial charge in [-0.05, 0) is 20.8 Å².